The van der Waals surface area contributed by atoms with E-state index in [4.69, 9.17) is 16.3 Å². The average molecular weight is 324 g/mol. The molecule has 0 atom stereocenters. The number of benzene rings is 1. The van der Waals surface area contributed by atoms with Crippen LogP contribution in [0.3, 0.4) is 0 Å². The third kappa shape index (κ3) is 3.03. The van der Waals surface area contributed by atoms with Gasteiger partial charge in [-0.1, -0.05) is 23.3 Å². The van der Waals surface area contributed by atoms with Gasteiger partial charge in [0.15, 0.2) is 0 Å². The molecule has 5 heteroatoms. The molecule has 2 aliphatic heterocycles. The number of halogens is 2. The molecule has 0 aliphatic carbocycles. The minimum Gasteiger partial charge on any atom is -0.370 e. The van der Waals surface area contributed by atoms with Crippen molar-refractivity contribution in [2.24, 2.45) is 0 Å². The molecule has 1 amide bonds. The van der Waals surface area contributed by atoms with Gasteiger partial charge in [-0.05, 0) is 44.4 Å². The fourth-order valence-corrected chi connectivity index (χ4v) is 3.44. The molecule has 3 nitrogen and oxygen atoms in total. The molecule has 22 heavy (non-hydrogen) atoms. The Kier molecular flexibility index (Phi) is 4.24. The van der Waals surface area contributed by atoms with Crippen molar-refractivity contribution in [2.75, 3.05) is 19.7 Å². The summed E-state index contributed by atoms with van der Waals surface area (Å²) in [5.74, 6) is -0.577. The zero-order chi connectivity index (χ0) is 15.7. The summed E-state index contributed by atoms with van der Waals surface area (Å²) in [5, 5.41) is 0.162. The summed E-state index contributed by atoms with van der Waals surface area (Å²) >= 11 is 5.98. The number of hydrogen-bond acceptors (Lipinski definition) is 2. The Morgan fingerprint density at radius 2 is 2.09 bits per heavy atom. The van der Waals surface area contributed by atoms with E-state index in [0.29, 0.717) is 18.7 Å². The van der Waals surface area contributed by atoms with Gasteiger partial charge >= 0.3 is 0 Å². The second-order valence-corrected chi connectivity index (χ2v) is 6.48. The van der Waals surface area contributed by atoms with E-state index in [2.05, 4.69) is 13.0 Å². The maximum atomic E-state index is 13.1. The Morgan fingerprint density at radius 3 is 2.73 bits per heavy atom. The van der Waals surface area contributed by atoms with Gasteiger partial charge in [-0.25, -0.2) is 4.39 Å². The molecule has 0 unspecified atom stereocenters. The summed E-state index contributed by atoms with van der Waals surface area (Å²) in [6, 6.07) is 3.89. The lowest BCUT2D eigenvalue weighted by atomic mass is 9.87. The maximum absolute atomic E-state index is 13.1. The smallest absolute Gasteiger partial charge is 0.255 e. The molecule has 0 N–H and O–H groups in total. The van der Waals surface area contributed by atoms with E-state index in [1.54, 1.807) is 4.90 Å². The highest BCUT2D eigenvalue weighted by atomic mass is 35.5. The van der Waals surface area contributed by atoms with Crippen LogP contribution in [0.2, 0.25) is 5.02 Å². The number of likely N-dealkylation sites (tertiary alicyclic amines) is 1. The topological polar surface area (TPSA) is 29.5 Å². The number of nitrogens with zero attached hydrogens (tertiary/aromatic N) is 1. The molecular weight excluding hydrogens is 305 g/mol. The van der Waals surface area contributed by atoms with Crippen LogP contribution in [0.25, 0.3) is 0 Å². The van der Waals surface area contributed by atoms with Gasteiger partial charge in [0.2, 0.25) is 0 Å². The SMILES string of the molecule is CC1=CC2(CCN(C(=O)c3ccc(F)cc3Cl)CC2)OCC1. The summed E-state index contributed by atoms with van der Waals surface area (Å²) < 4.78 is 19.1. The summed E-state index contributed by atoms with van der Waals surface area (Å²) in [4.78, 5) is 14.3. The van der Waals surface area contributed by atoms with Crippen LogP contribution < -0.4 is 0 Å². The van der Waals surface area contributed by atoms with Crippen LogP contribution in [0.4, 0.5) is 4.39 Å². The minimum atomic E-state index is -0.435. The van der Waals surface area contributed by atoms with Gasteiger partial charge in [0.05, 0.1) is 22.8 Å². The van der Waals surface area contributed by atoms with Crippen LogP contribution in [-0.4, -0.2) is 36.1 Å². The minimum absolute atomic E-state index is 0.142. The molecule has 2 aliphatic rings. The van der Waals surface area contributed by atoms with Crippen LogP contribution in [0.15, 0.2) is 29.8 Å². The van der Waals surface area contributed by atoms with Crippen LogP contribution >= 0.6 is 11.6 Å². The molecule has 118 valence electrons. The van der Waals surface area contributed by atoms with Crippen LogP contribution in [-0.2, 0) is 4.74 Å². The van der Waals surface area contributed by atoms with Crippen molar-refractivity contribution in [1.82, 2.24) is 4.90 Å². The highest BCUT2D eigenvalue weighted by Crippen LogP contribution is 2.33. The summed E-state index contributed by atoms with van der Waals surface area (Å²) in [6.07, 6.45) is 4.77. The van der Waals surface area contributed by atoms with Gasteiger partial charge in [0.1, 0.15) is 5.82 Å². The van der Waals surface area contributed by atoms with Crippen molar-refractivity contribution in [3.05, 3.63) is 46.3 Å². The molecule has 3 rings (SSSR count). The van der Waals surface area contributed by atoms with E-state index in [-0.39, 0.29) is 16.5 Å². The van der Waals surface area contributed by atoms with Crippen molar-refractivity contribution in [3.8, 4) is 0 Å². The zero-order valence-electron chi connectivity index (χ0n) is 12.6. The Labute approximate surface area is 134 Å². The molecule has 0 saturated carbocycles. The van der Waals surface area contributed by atoms with Gasteiger partial charge in [0.25, 0.3) is 5.91 Å². The number of carbonyl (C=O) groups is 1. The lowest BCUT2D eigenvalue weighted by Gasteiger charge is -2.42. The summed E-state index contributed by atoms with van der Waals surface area (Å²) in [7, 11) is 0. The molecule has 2 heterocycles. The number of piperidine rings is 1. The molecule has 1 aromatic carbocycles. The summed E-state index contributed by atoms with van der Waals surface area (Å²) in [6.45, 7) is 4.12. The number of hydrogen-bond donors (Lipinski definition) is 0. The number of amides is 1. The van der Waals surface area contributed by atoms with E-state index < -0.39 is 5.82 Å². The van der Waals surface area contributed by atoms with Crippen LogP contribution in [0.5, 0.6) is 0 Å². The molecule has 0 radical (unpaired) electrons. The fourth-order valence-electron chi connectivity index (χ4n) is 3.19. The summed E-state index contributed by atoms with van der Waals surface area (Å²) in [5.41, 5.74) is 1.49. The van der Waals surface area contributed by atoms with Gasteiger partial charge < -0.3 is 9.64 Å². The van der Waals surface area contributed by atoms with E-state index in [1.807, 2.05) is 0 Å². The third-order valence-electron chi connectivity index (χ3n) is 4.45. The standard InChI is InChI=1S/C17H19ClFNO2/c1-12-4-9-22-17(11-12)5-7-20(8-6-17)16(21)14-3-2-13(19)10-15(14)18/h2-3,10-11H,4-9H2,1H3. The molecular formula is C17H19ClFNO2. The third-order valence-corrected chi connectivity index (χ3v) is 4.77. The zero-order valence-corrected chi connectivity index (χ0v) is 13.3. The van der Waals surface area contributed by atoms with Crippen molar-refractivity contribution >= 4 is 17.5 Å². The van der Waals surface area contributed by atoms with E-state index in [0.717, 1.165) is 25.9 Å². The van der Waals surface area contributed by atoms with Crippen LogP contribution in [0.1, 0.15) is 36.5 Å². The quantitative estimate of drug-likeness (QED) is 0.735. The van der Waals surface area contributed by atoms with Gasteiger partial charge in [0, 0.05) is 13.1 Å². The maximum Gasteiger partial charge on any atom is 0.255 e. The Hall–Kier alpha value is -1.39. The lowest BCUT2D eigenvalue weighted by Crippen LogP contribution is -2.48. The monoisotopic (exact) mass is 323 g/mol. The normalized spacial score (nSPS) is 20.9. The Bertz CT molecular complexity index is 621. The highest BCUT2D eigenvalue weighted by Gasteiger charge is 2.37. The average Bonchev–Trinajstić information content (AvgIpc) is 2.47. The first-order valence-corrected chi connectivity index (χ1v) is 7.93. The highest BCUT2D eigenvalue weighted by molar-refractivity contribution is 6.33. The first kappa shape index (κ1) is 15.5. The van der Waals surface area contributed by atoms with Crippen molar-refractivity contribution in [2.45, 2.75) is 31.8 Å². The molecule has 1 aromatic rings. The van der Waals surface area contributed by atoms with Gasteiger partial charge in [-0.15, -0.1) is 0 Å². The second kappa shape index (κ2) is 6.01. The second-order valence-electron chi connectivity index (χ2n) is 6.07. The van der Waals surface area contributed by atoms with E-state index >= 15 is 0 Å². The number of ether oxygens (including phenoxy) is 1. The van der Waals surface area contributed by atoms with Gasteiger partial charge in [-0.2, -0.15) is 0 Å². The molecule has 0 bridgehead atoms. The van der Waals surface area contributed by atoms with Gasteiger partial charge in [-0.3, -0.25) is 4.79 Å². The lowest BCUT2D eigenvalue weighted by molar-refractivity contribution is -0.0522. The molecule has 0 aromatic heterocycles. The van der Waals surface area contributed by atoms with Crippen molar-refractivity contribution in [1.29, 1.82) is 0 Å². The number of carbonyl (C=O) groups excluding carboxylic acids is 1. The molecule has 1 spiro atoms. The molecule has 1 saturated heterocycles. The van der Waals surface area contributed by atoms with Crippen molar-refractivity contribution in [3.63, 3.8) is 0 Å². The first-order valence-electron chi connectivity index (χ1n) is 7.56. The first-order chi connectivity index (χ1) is 10.5. The predicted octanol–water partition coefficient (Wildman–Crippen LogP) is 3.82. The molecule has 1 fully saturated rings. The fraction of sp³-hybridized carbons (Fsp3) is 0.471. The van der Waals surface area contributed by atoms with Crippen molar-refractivity contribution < 1.29 is 13.9 Å². The number of rotatable bonds is 1. The Balaban J connectivity index is 1.71. The largest absolute Gasteiger partial charge is 0.370 e. The van der Waals surface area contributed by atoms with Crippen LogP contribution in [0, 0.1) is 5.82 Å². The Morgan fingerprint density at radius 1 is 1.36 bits per heavy atom. The van der Waals surface area contributed by atoms with E-state index in [1.165, 1.54) is 23.8 Å². The van der Waals surface area contributed by atoms with E-state index in [9.17, 15) is 9.18 Å². The predicted molar refractivity (Wildman–Crippen MR) is 83.6 cm³/mol.